The molecule has 1 saturated carbocycles. The molecule has 0 spiro atoms. The van der Waals surface area contributed by atoms with E-state index in [1.165, 1.54) is 75.3 Å². The molecular weight excluding hydrogens is 256 g/mol. The molecule has 2 rings (SSSR count). The quantitative estimate of drug-likeness (QED) is 0.598. The average Bonchev–Trinajstić information content (AvgIpc) is 3.00. The van der Waals surface area contributed by atoms with Gasteiger partial charge in [0.05, 0.1) is 0 Å². The minimum atomic E-state index is 0.368. The van der Waals surface area contributed by atoms with Gasteiger partial charge in [-0.3, -0.25) is 0 Å². The molecule has 0 radical (unpaired) electrons. The third kappa shape index (κ3) is 5.47. The highest BCUT2D eigenvalue weighted by Gasteiger charge is 2.24. The minimum absolute atomic E-state index is 0.368. The van der Waals surface area contributed by atoms with Gasteiger partial charge in [0.15, 0.2) is 0 Å². The second kappa shape index (κ2) is 9.25. The Balaban J connectivity index is 1.70. The molecule has 0 saturated heterocycles. The van der Waals surface area contributed by atoms with E-state index in [9.17, 15) is 5.11 Å². The van der Waals surface area contributed by atoms with Gasteiger partial charge < -0.3 is 5.11 Å². The van der Waals surface area contributed by atoms with Gasteiger partial charge in [0.1, 0.15) is 0 Å². The summed E-state index contributed by atoms with van der Waals surface area (Å²) >= 11 is 0. The summed E-state index contributed by atoms with van der Waals surface area (Å²) in [5, 5.41) is 9.25. The van der Waals surface area contributed by atoms with Gasteiger partial charge in [-0.15, -0.1) is 0 Å². The molecule has 2 atom stereocenters. The number of aliphatic hydroxyl groups excluding tert-OH is 1. The molecule has 1 aromatic carbocycles. The van der Waals surface area contributed by atoms with Gasteiger partial charge in [0.2, 0.25) is 0 Å². The molecule has 118 valence electrons. The molecule has 1 aromatic rings. The van der Waals surface area contributed by atoms with Crippen molar-refractivity contribution < 1.29 is 5.11 Å². The van der Waals surface area contributed by atoms with Gasteiger partial charge in [-0.2, -0.15) is 0 Å². The van der Waals surface area contributed by atoms with Crippen LogP contribution in [0.5, 0.6) is 0 Å². The Kier molecular flexibility index (Phi) is 7.29. The summed E-state index contributed by atoms with van der Waals surface area (Å²) in [6, 6.07) is 9.31. The Morgan fingerprint density at radius 1 is 0.952 bits per heavy atom. The fourth-order valence-electron chi connectivity index (χ4n) is 3.61. The normalized spacial score (nSPS) is 21.8. The number of rotatable bonds is 9. The Hall–Kier alpha value is -0.820. The van der Waals surface area contributed by atoms with E-state index in [1.54, 1.807) is 0 Å². The highest BCUT2D eigenvalue weighted by atomic mass is 16.3. The summed E-state index contributed by atoms with van der Waals surface area (Å²) < 4.78 is 0. The van der Waals surface area contributed by atoms with Gasteiger partial charge >= 0.3 is 0 Å². The summed E-state index contributed by atoms with van der Waals surface area (Å²) in [6.45, 7) is 2.64. The number of unbranched alkanes of at least 4 members (excludes halogenated alkanes) is 5. The van der Waals surface area contributed by atoms with Crippen LogP contribution in [0.4, 0.5) is 0 Å². The lowest BCUT2D eigenvalue weighted by Crippen LogP contribution is -2.00. The number of benzene rings is 1. The lowest BCUT2D eigenvalue weighted by molar-refractivity contribution is 0.229. The fraction of sp³-hybridized carbons (Fsp3) is 0.700. The average molecular weight is 288 g/mol. The Morgan fingerprint density at radius 2 is 1.67 bits per heavy atom. The van der Waals surface area contributed by atoms with Crippen LogP contribution in [0.2, 0.25) is 0 Å². The number of aliphatic hydroxyl groups is 1. The van der Waals surface area contributed by atoms with Crippen molar-refractivity contribution in [3.8, 4) is 0 Å². The van der Waals surface area contributed by atoms with Crippen molar-refractivity contribution in [3.63, 3.8) is 0 Å². The van der Waals surface area contributed by atoms with E-state index < -0.39 is 0 Å². The lowest BCUT2D eigenvalue weighted by Gasteiger charge is -2.11. The molecule has 0 amide bonds. The fourth-order valence-corrected chi connectivity index (χ4v) is 3.61. The van der Waals surface area contributed by atoms with Crippen LogP contribution in [-0.2, 0) is 6.42 Å². The monoisotopic (exact) mass is 288 g/mol. The molecular formula is C20H32O. The Morgan fingerprint density at radius 3 is 2.33 bits per heavy atom. The first-order chi connectivity index (χ1) is 10.3. The molecule has 1 nitrogen and oxygen atoms in total. The Labute approximate surface area is 130 Å². The molecule has 0 aliphatic heterocycles. The molecule has 1 heteroatoms. The van der Waals surface area contributed by atoms with Crippen molar-refractivity contribution in [1.29, 1.82) is 0 Å². The summed E-state index contributed by atoms with van der Waals surface area (Å²) in [5.74, 6) is 1.23. The third-order valence-corrected chi connectivity index (χ3v) is 5.07. The van der Waals surface area contributed by atoms with Gasteiger partial charge in [-0.1, -0.05) is 63.3 Å². The van der Waals surface area contributed by atoms with E-state index in [-0.39, 0.29) is 0 Å². The highest BCUT2D eigenvalue weighted by Crippen LogP contribution is 2.37. The van der Waals surface area contributed by atoms with Crippen LogP contribution in [0.1, 0.15) is 81.8 Å². The summed E-state index contributed by atoms with van der Waals surface area (Å²) in [5.41, 5.74) is 2.98. The van der Waals surface area contributed by atoms with Crippen molar-refractivity contribution in [2.45, 2.75) is 77.0 Å². The second-order valence-corrected chi connectivity index (χ2v) is 6.82. The third-order valence-electron chi connectivity index (χ3n) is 5.07. The zero-order valence-electron chi connectivity index (χ0n) is 13.7. The van der Waals surface area contributed by atoms with Crippen LogP contribution in [0, 0.1) is 5.92 Å². The van der Waals surface area contributed by atoms with Gasteiger partial charge in [-0.25, -0.2) is 0 Å². The highest BCUT2D eigenvalue weighted by molar-refractivity contribution is 5.26. The van der Waals surface area contributed by atoms with Crippen LogP contribution in [0.15, 0.2) is 24.3 Å². The van der Waals surface area contributed by atoms with E-state index in [2.05, 4.69) is 31.2 Å². The first-order valence-corrected chi connectivity index (χ1v) is 9.03. The maximum Gasteiger partial charge on any atom is 0.0459 e. The molecule has 0 heterocycles. The van der Waals surface area contributed by atoms with Crippen molar-refractivity contribution >= 4 is 0 Å². The molecule has 0 bridgehead atoms. The first-order valence-electron chi connectivity index (χ1n) is 9.03. The smallest absolute Gasteiger partial charge is 0.0459 e. The molecule has 1 aliphatic rings. The summed E-state index contributed by atoms with van der Waals surface area (Å²) in [6.07, 6.45) is 13.1. The SMILES string of the molecule is CCCCCCCCc1ccc([C@H]2CCC(CO)C2)cc1. The predicted molar refractivity (Wildman–Crippen MR) is 90.7 cm³/mol. The van der Waals surface area contributed by atoms with E-state index in [0.29, 0.717) is 18.4 Å². The van der Waals surface area contributed by atoms with Crippen LogP contribution < -0.4 is 0 Å². The largest absolute Gasteiger partial charge is 0.396 e. The van der Waals surface area contributed by atoms with E-state index in [0.717, 1.165) is 0 Å². The van der Waals surface area contributed by atoms with Crippen LogP contribution in [-0.4, -0.2) is 11.7 Å². The van der Waals surface area contributed by atoms with Gasteiger partial charge in [-0.05, 0) is 55.1 Å². The molecule has 1 aliphatic carbocycles. The first kappa shape index (κ1) is 16.5. The number of aryl methyl sites for hydroxylation is 1. The molecule has 21 heavy (non-hydrogen) atoms. The van der Waals surface area contributed by atoms with Gasteiger partial charge in [0.25, 0.3) is 0 Å². The predicted octanol–water partition coefficient (Wildman–Crippen LogP) is 5.47. The lowest BCUT2D eigenvalue weighted by atomic mass is 9.94. The van der Waals surface area contributed by atoms with Gasteiger partial charge in [0, 0.05) is 6.61 Å². The maximum absolute atomic E-state index is 9.25. The van der Waals surface area contributed by atoms with E-state index in [4.69, 9.17) is 0 Å². The number of hydrogen-bond acceptors (Lipinski definition) is 1. The van der Waals surface area contributed by atoms with Crippen molar-refractivity contribution in [2.24, 2.45) is 5.92 Å². The second-order valence-electron chi connectivity index (χ2n) is 6.82. The van der Waals surface area contributed by atoms with Crippen molar-refractivity contribution in [3.05, 3.63) is 35.4 Å². The number of hydrogen-bond donors (Lipinski definition) is 1. The standard InChI is InChI=1S/C20H32O/c1-2-3-4-5-6-7-8-17-9-12-19(13-10-17)20-14-11-18(15-20)16-21/h9-10,12-13,18,20-21H,2-8,11,14-16H2,1H3/t18?,20-/m0/s1. The molecule has 1 N–H and O–H groups in total. The van der Waals surface area contributed by atoms with Crippen LogP contribution in [0.25, 0.3) is 0 Å². The molecule has 0 aromatic heterocycles. The minimum Gasteiger partial charge on any atom is -0.396 e. The van der Waals surface area contributed by atoms with Crippen LogP contribution in [0.3, 0.4) is 0 Å². The van der Waals surface area contributed by atoms with Crippen molar-refractivity contribution in [2.75, 3.05) is 6.61 Å². The summed E-state index contributed by atoms with van der Waals surface area (Å²) in [7, 11) is 0. The van der Waals surface area contributed by atoms with E-state index >= 15 is 0 Å². The van der Waals surface area contributed by atoms with E-state index in [1.807, 2.05) is 0 Å². The van der Waals surface area contributed by atoms with Crippen LogP contribution >= 0.6 is 0 Å². The maximum atomic E-state index is 9.25. The van der Waals surface area contributed by atoms with Crippen molar-refractivity contribution in [1.82, 2.24) is 0 Å². The zero-order chi connectivity index (χ0) is 14.9. The molecule has 1 fully saturated rings. The zero-order valence-corrected chi connectivity index (χ0v) is 13.7. The summed E-state index contributed by atoms with van der Waals surface area (Å²) in [4.78, 5) is 0. The Bertz CT molecular complexity index is 381. The topological polar surface area (TPSA) is 20.2 Å². The molecule has 1 unspecified atom stereocenters.